The summed E-state index contributed by atoms with van der Waals surface area (Å²) in [4.78, 5) is 13.8. The summed E-state index contributed by atoms with van der Waals surface area (Å²) in [6.45, 7) is 1.02. The summed E-state index contributed by atoms with van der Waals surface area (Å²) in [5.74, 6) is 1.13. The van der Waals surface area contributed by atoms with E-state index in [9.17, 15) is 22.0 Å². The number of aromatic nitrogens is 3. The van der Waals surface area contributed by atoms with Crippen molar-refractivity contribution in [3.8, 4) is 5.75 Å². The number of halogens is 5. The molecule has 0 amide bonds. The molecule has 0 unspecified atom stereocenters. The molecule has 2 aromatic rings. The van der Waals surface area contributed by atoms with Crippen molar-refractivity contribution in [3.63, 3.8) is 0 Å². The van der Waals surface area contributed by atoms with E-state index in [0.717, 1.165) is 31.3 Å². The fraction of sp³-hybridized carbons (Fsp3) is 0.474. The number of piperidine rings is 1. The Morgan fingerprint density at radius 1 is 1.19 bits per heavy atom. The molecule has 3 heterocycles. The Hall–Kier alpha value is -3.05. The van der Waals surface area contributed by atoms with Crippen LogP contribution in [0.25, 0.3) is 0 Å². The van der Waals surface area contributed by atoms with Gasteiger partial charge in [-0.15, -0.1) is 0 Å². The Kier molecular flexibility index (Phi) is 7.18. The molecule has 0 radical (unpaired) electrons. The summed E-state index contributed by atoms with van der Waals surface area (Å²) in [5, 5.41) is 9.83. The van der Waals surface area contributed by atoms with E-state index in [1.165, 1.54) is 12.3 Å². The highest BCUT2D eigenvalue weighted by Crippen LogP contribution is 2.29. The Labute approximate surface area is 175 Å². The van der Waals surface area contributed by atoms with Gasteiger partial charge in [0.25, 0.3) is 6.43 Å². The number of anilines is 2. The standard InChI is InChI=1S/C19H21F5N6O/c20-16(21)9-28-18-14(7-25)26-10-17(29-18)30-5-3-12(4-6-30)11-31-13-1-2-15(27-8-13)19(22,23)24/h1-2,7-8,10,12,16,25H,3-6,9,11H2,(H,28,29). The van der Waals surface area contributed by atoms with Gasteiger partial charge in [0.1, 0.15) is 23.0 Å². The topological polar surface area (TPSA) is 87.0 Å². The molecular weight excluding hydrogens is 423 g/mol. The van der Waals surface area contributed by atoms with Crippen LogP contribution in [0.2, 0.25) is 0 Å². The lowest BCUT2D eigenvalue weighted by Gasteiger charge is -2.32. The Morgan fingerprint density at radius 3 is 2.52 bits per heavy atom. The van der Waals surface area contributed by atoms with E-state index in [4.69, 9.17) is 10.1 Å². The van der Waals surface area contributed by atoms with Crippen LogP contribution in [-0.2, 0) is 6.18 Å². The minimum atomic E-state index is -4.49. The molecule has 0 aliphatic carbocycles. The average Bonchev–Trinajstić information content (AvgIpc) is 2.76. The largest absolute Gasteiger partial charge is 0.492 e. The van der Waals surface area contributed by atoms with Crippen molar-refractivity contribution in [1.29, 1.82) is 5.41 Å². The van der Waals surface area contributed by atoms with Crippen molar-refractivity contribution in [3.05, 3.63) is 35.9 Å². The number of nitrogens with zero attached hydrogens (tertiary/aromatic N) is 4. The summed E-state index contributed by atoms with van der Waals surface area (Å²) in [6.07, 6.45) is -2.03. The number of ether oxygens (including phenoxy) is 1. The molecule has 31 heavy (non-hydrogen) atoms. The summed E-state index contributed by atoms with van der Waals surface area (Å²) in [7, 11) is 0. The number of rotatable bonds is 8. The molecule has 7 nitrogen and oxygen atoms in total. The quantitative estimate of drug-likeness (QED) is 0.475. The number of pyridine rings is 1. The molecule has 0 aromatic carbocycles. The summed E-state index contributed by atoms with van der Waals surface area (Å²) in [6, 6.07) is 2.13. The molecule has 1 saturated heterocycles. The first-order valence-corrected chi connectivity index (χ1v) is 9.56. The highest BCUT2D eigenvalue weighted by molar-refractivity contribution is 5.81. The van der Waals surface area contributed by atoms with Crippen molar-refractivity contribution < 1.29 is 26.7 Å². The van der Waals surface area contributed by atoms with Crippen LogP contribution in [0.5, 0.6) is 5.75 Å². The SMILES string of the molecule is N=Cc1ncc(N2CCC(COc3ccc(C(F)(F)F)nc3)CC2)nc1NCC(F)F. The van der Waals surface area contributed by atoms with Gasteiger partial charge < -0.3 is 20.4 Å². The molecule has 1 fully saturated rings. The molecule has 2 aromatic heterocycles. The zero-order chi connectivity index (χ0) is 22.4. The van der Waals surface area contributed by atoms with Crippen LogP contribution >= 0.6 is 0 Å². The third-order valence-corrected chi connectivity index (χ3v) is 4.80. The summed E-state index contributed by atoms with van der Waals surface area (Å²) >= 11 is 0. The fourth-order valence-electron chi connectivity index (χ4n) is 3.13. The van der Waals surface area contributed by atoms with Crippen molar-refractivity contribution in [2.75, 3.05) is 36.5 Å². The first-order valence-electron chi connectivity index (χ1n) is 9.56. The van der Waals surface area contributed by atoms with Crippen LogP contribution in [0.15, 0.2) is 24.5 Å². The molecule has 0 atom stereocenters. The fourth-order valence-corrected chi connectivity index (χ4v) is 3.13. The lowest BCUT2D eigenvalue weighted by molar-refractivity contribution is -0.141. The maximum Gasteiger partial charge on any atom is 0.433 e. The number of nitrogens with one attached hydrogen (secondary N) is 2. The number of hydrogen-bond acceptors (Lipinski definition) is 7. The van der Waals surface area contributed by atoms with Crippen LogP contribution in [0.3, 0.4) is 0 Å². The average molecular weight is 444 g/mol. The molecule has 2 N–H and O–H groups in total. The molecule has 1 aliphatic heterocycles. The van der Waals surface area contributed by atoms with Crippen LogP contribution in [-0.4, -0.2) is 53.8 Å². The van der Waals surface area contributed by atoms with E-state index in [1.54, 1.807) is 0 Å². The van der Waals surface area contributed by atoms with Crippen molar-refractivity contribution in [2.45, 2.75) is 25.4 Å². The van der Waals surface area contributed by atoms with E-state index >= 15 is 0 Å². The smallest absolute Gasteiger partial charge is 0.433 e. The number of hydrogen-bond donors (Lipinski definition) is 2. The lowest BCUT2D eigenvalue weighted by Crippen LogP contribution is -2.36. The van der Waals surface area contributed by atoms with Gasteiger partial charge in [0.15, 0.2) is 5.82 Å². The van der Waals surface area contributed by atoms with Crippen molar-refractivity contribution >= 4 is 17.9 Å². The van der Waals surface area contributed by atoms with Crippen molar-refractivity contribution in [1.82, 2.24) is 15.0 Å². The normalized spacial score (nSPS) is 15.2. The van der Waals surface area contributed by atoms with Gasteiger partial charge in [-0.25, -0.2) is 23.7 Å². The monoisotopic (exact) mass is 444 g/mol. The van der Waals surface area contributed by atoms with Gasteiger partial charge in [-0.1, -0.05) is 0 Å². The molecule has 168 valence electrons. The van der Waals surface area contributed by atoms with E-state index in [1.807, 2.05) is 4.90 Å². The van der Waals surface area contributed by atoms with Gasteiger partial charge in [-0.3, -0.25) is 0 Å². The zero-order valence-corrected chi connectivity index (χ0v) is 16.4. The summed E-state index contributed by atoms with van der Waals surface area (Å²) in [5.41, 5.74) is -0.788. The Bertz CT molecular complexity index is 869. The molecular formula is C19H21F5N6O. The van der Waals surface area contributed by atoms with Gasteiger partial charge in [-0.2, -0.15) is 13.2 Å². The molecule has 0 saturated carbocycles. The van der Waals surface area contributed by atoms with Gasteiger partial charge in [0.2, 0.25) is 0 Å². The number of alkyl halides is 5. The Balaban J connectivity index is 1.52. The zero-order valence-electron chi connectivity index (χ0n) is 16.4. The van der Waals surface area contributed by atoms with Crippen LogP contribution in [0.1, 0.15) is 24.2 Å². The second-order valence-electron chi connectivity index (χ2n) is 7.00. The maximum absolute atomic E-state index is 12.6. The molecule has 1 aliphatic rings. The minimum Gasteiger partial charge on any atom is -0.492 e. The minimum absolute atomic E-state index is 0.132. The first-order chi connectivity index (χ1) is 14.8. The van der Waals surface area contributed by atoms with Gasteiger partial charge in [0.05, 0.1) is 25.5 Å². The lowest BCUT2D eigenvalue weighted by atomic mass is 9.98. The predicted octanol–water partition coefficient (Wildman–Crippen LogP) is 3.86. The second kappa shape index (κ2) is 9.84. The highest BCUT2D eigenvalue weighted by Gasteiger charge is 2.32. The van der Waals surface area contributed by atoms with E-state index in [-0.39, 0.29) is 23.2 Å². The van der Waals surface area contributed by atoms with Crippen molar-refractivity contribution in [2.24, 2.45) is 5.92 Å². The first kappa shape index (κ1) is 22.6. The second-order valence-corrected chi connectivity index (χ2v) is 7.00. The third kappa shape index (κ3) is 6.22. The third-order valence-electron chi connectivity index (χ3n) is 4.80. The van der Waals surface area contributed by atoms with Gasteiger partial charge in [-0.05, 0) is 30.9 Å². The van der Waals surface area contributed by atoms with Crippen LogP contribution in [0.4, 0.5) is 33.6 Å². The molecule has 3 rings (SSSR count). The van der Waals surface area contributed by atoms with E-state index < -0.39 is 24.8 Å². The molecule has 12 heteroatoms. The van der Waals surface area contributed by atoms with Crippen LogP contribution < -0.4 is 15.0 Å². The van der Waals surface area contributed by atoms with Gasteiger partial charge >= 0.3 is 6.18 Å². The van der Waals surface area contributed by atoms with E-state index in [0.29, 0.717) is 25.5 Å². The molecule has 0 bridgehead atoms. The maximum atomic E-state index is 12.6. The van der Waals surface area contributed by atoms with Gasteiger partial charge in [0, 0.05) is 19.3 Å². The highest BCUT2D eigenvalue weighted by atomic mass is 19.4. The Morgan fingerprint density at radius 2 is 1.94 bits per heavy atom. The van der Waals surface area contributed by atoms with Crippen LogP contribution in [0, 0.1) is 11.3 Å². The summed E-state index contributed by atoms with van der Waals surface area (Å²) < 4.78 is 68.2. The van der Waals surface area contributed by atoms with E-state index in [2.05, 4.69) is 20.3 Å². The molecule has 0 spiro atoms. The predicted molar refractivity (Wildman–Crippen MR) is 104 cm³/mol.